The van der Waals surface area contributed by atoms with Crippen LogP contribution in [0.15, 0.2) is 30.3 Å². The highest BCUT2D eigenvalue weighted by molar-refractivity contribution is 5.90. The van der Waals surface area contributed by atoms with Gasteiger partial charge in [-0.05, 0) is 30.7 Å². The minimum absolute atomic E-state index is 0.0986. The van der Waals surface area contributed by atoms with Gasteiger partial charge in [-0.15, -0.1) is 0 Å². The zero-order valence-corrected chi connectivity index (χ0v) is 10.4. The summed E-state index contributed by atoms with van der Waals surface area (Å²) in [5.74, 6) is -4.50. The topological polar surface area (TPSA) is 49.3 Å². The molecule has 0 spiro atoms. The summed E-state index contributed by atoms with van der Waals surface area (Å²) in [6.45, 7) is 1.57. The monoisotopic (exact) mass is 281 g/mol. The fourth-order valence-corrected chi connectivity index (χ4v) is 1.78. The molecule has 0 bridgehead atoms. The van der Waals surface area contributed by atoms with Crippen molar-refractivity contribution >= 4 is 17.3 Å². The third kappa shape index (κ3) is 2.74. The van der Waals surface area contributed by atoms with Crippen LogP contribution in [0.2, 0.25) is 0 Å². The number of benzene rings is 2. The number of carboxylic acids is 1. The Balaban J connectivity index is 2.36. The Kier molecular flexibility index (Phi) is 3.65. The summed E-state index contributed by atoms with van der Waals surface area (Å²) < 4.78 is 39.6. The molecule has 2 rings (SSSR count). The molecule has 0 saturated carbocycles. The van der Waals surface area contributed by atoms with Crippen LogP contribution in [0.4, 0.5) is 24.5 Å². The molecular formula is C14H10F3NO2. The van der Waals surface area contributed by atoms with Gasteiger partial charge in [-0.3, -0.25) is 0 Å². The third-order valence-electron chi connectivity index (χ3n) is 2.73. The number of carboxylic acid groups (broad SMARTS) is 1. The van der Waals surface area contributed by atoms with Gasteiger partial charge < -0.3 is 10.4 Å². The summed E-state index contributed by atoms with van der Waals surface area (Å²) in [4.78, 5) is 10.9. The first-order valence-electron chi connectivity index (χ1n) is 5.64. The number of rotatable bonds is 3. The molecule has 6 heteroatoms. The van der Waals surface area contributed by atoms with Crippen LogP contribution in [0.25, 0.3) is 0 Å². The molecule has 0 atom stereocenters. The highest BCUT2D eigenvalue weighted by atomic mass is 19.2. The zero-order chi connectivity index (χ0) is 14.9. The van der Waals surface area contributed by atoms with Gasteiger partial charge in [-0.25, -0.2) is 18.0 Å². The molecule has 2 aromatic rings. The summed E-state index contributed by atoms with van der Waals surface area (Å²) in [6, 6.07) is 5.43. The Morgan fingerprint density at radius 3 is 2.45 bits per heavy atom. The van der Waals surface area contributed by atoms with Crippen molar-refractivity contribution in [2.75, 3.05) is 5.32 Å². The first-order chi connectivity index (χ1) is 9.38. The van der Waals surface area contributed by atoms with Crippen LogP contribution < -0.4 is 5.32 Å². The normalized spacial score (nSPS) is 10.4. The van der Waals surface area contributed by atoms with E-state index in [4.69, 9.17) is 5.11 Å². The largest absolute Gasteiger partial charge is 0.478 e. The number of carbonyl (C=O) groups is 1. The van der Waals surface area contributed by atoms with Crippen molar-refractivity contribution in [2.45, 2.75) is 6.92 Å². The van der Waals surface area contributed by atoms with Crippen LogP contribution >= 0.6 is 0 Å². The average Bonchev–Trinajstić information content (AvgIpc) is 2.35. The molecule has 3 nitrogen and oxygen atoms in total. The van der Waals surface area contributed by atoms with E-state index in [0.717, 1.165) is 6.07 Å². The number of hydrogen-bond donors (Lipinski definition) is 2. The first kappa shape index (κ1) is 13.9. The molecule has 0 aliphatic carbocycles. The maximum absolute atomic E-state index is 13.5. The van der Waals surface area contributed by atoms with E-state index in [1.165, 1.54) is 18.2 Å². The second kappa shape index (κ2) is 5.24. The number of halogens is 3. The lowest BCUT2D eigenvalue weighted by Crippen LogP contribution is -2.02. The fraction of sp³-hybridized carbons (Fsp3) is 0.0714. The van der Waals surface area contributed by atoms with Crippen molar-refractivity contribution in [3.63, 3.8) is 0 Å². The lowest BCUT2D eigenvalue weighted by Gasteiger charge is -2.10. The van der Waals surface area contributed by atoms with Crippen molar-refractivity contribution in [3.8, 4) is 0 Å². The van der Waals surface area contributed by atoms with Crippen molar-refractivity contribution in [2.24, 2.45) is 0 Å². The lowest BCUT2D eigenvalue weighted by molar-refractivity contribution is 0.0696. The molecule has 0 fully saturated rings. The van der Waals surface area contributed by atoms with E-state index in [-0.39, 0.29) is 11.3 Å². The van der Waals surface area contributed by atoms with Gasteiger partial charge in [-0.2, -0.15) is 0 Å². The van der Waals surface area contributed by atoms with Gasteiger partial charge in [0.05, 0.1) is 11.3 Å². The molecule has 0 amide bonds. The maximum Gasteiger partial charge on any atom is 0.335 e. The van der Waals surface area contributed by atoms with Crippen LogP contribution in [0.5, 0.6) is 0 Å². The summed E-state index contributed by atoms with van der Waals surface area (Å²) in [5.41, 5.74) is 0.516. The molecule has 0 heterocycles. The van der Waals surface area contributed by atoms with Crippen LogP contribution in [-0.2, 0) is 0 Å². The number of hydrogen-bond acceptors (Lipinski definition) is 2. The molecule has 0 aliphatic rings. The van der Waals surface area contributed by atoms with Crippen LogP contribution in [0.3, 0.4) is 0 Å². The zero-order valence-electron chi connectivity index (χ0n) is 10.4. The molecule has 0 saturated heterocycles. The SMILES string of the molecule is Cc1cc(Nc2cc(F)cc(F)c2F)ccc1C(=O)O. The quantitative estimate of drug-likeness (QED) is 0.840. The van der Waals surface area contributed by atoms with E-state index < -0.39 is 23.4 Å². The Bertz CT molecular complexity index is 686. The van der Waals surface area contributed by atoms with E-state index in [2.05, 4.69) is 5.32 Å². The highest BCUT2D eigenvalue weighted by Gasteiger charge is 2.12. The number of aryl methyl sites for hydroxylation is 1. The molecule has 0 radical (unpaired) electrons. The van der Waals surface area contributed by atoms with Crippen molar-refractivity contribution in [1.29, 1.82) is 0 Å². The Hall–Kier alpha value is -2.50. The third-order valence-corrected chi connectivity index (χ3v) is 2.73. The van der Waals surface area contributed by atoms with E-state index in [1.54, 1.807) is 6.92 Å². The second-order valence-electron chi connectivity index (χ2n) is 4.21. The summed E-state index contributed by atoms with van der Waals surface area (Å²) in [5, 5.41) is 11.4. The standard InChI is InChI=1S/C14H10F3NO2/c1-7-4-9(2-3-10(7)14(19)20)18-12-6-8(15)5-11(16)13(12)17/h2-6,18H,1H3,(H,19,20). The van der Waals surface area contributed by atoms with Crippen LogP contribution in [0.1, 0.15) is 15.9 Å². The van der Waals surface area contributed by atoms with Crippen LogP contribution in [-0.4, -0.2) is 11.1 Å². The Morgan fingerprint density at radius 1 is 1.15 bits per heavy atom. The Morgan fingerprint density at radius 2 is 1.85 bits per heavy atom. The maximum atomic E-state index is 13.5. The van der Waals surface area contributed by atoms with E-state index in [0.29, 0.717) is 17.3 Å². The summed E-state index contributed by atoms with van der Waals surface area (Å²) in [6.07, 6.45) is 0. The first-order valence-corrected chi connectivity index (χ1v) is 5.64. The molecule has 104 valence electrons. The molecular weight excluding hydrogens is 271 g/mol. The van der Waals surface area contributed by atoms with Crippen molar-refractivity contribution in [1.82, 2.24) is 0 Å². The van der Waals surface area contributed by atoms with Gasteiger partial charge in [0.2, 0.25) is 0 Å². The summed E-state index contributed by atoms with van der Waals surface area (Å²) in [7, 11) is 0. The van der Waals surface area contributed by atoms with Gasteiger partial charge in [-0.1, -0.05) is 0 Å². The van der Waals surface area contributed by atoms with Gasteiger partial charge in [0.1, 0.15) is 5.82 Å². The van der Waals surface area contributed by atoms with Crippen LogP contribution in [0, 0.1) is 24.4 Å². The number of aromatic carboxylic acids is 1. The predicted molar refractivity (Wildman–Crippen MR) is 67.7 cm³/mol. The van der Waals surface area contributed by atoms with Crippen molar-refractivity contribution in [3.05, 3.63) is 58.9 Å². The average molecular weight is 281 g/mol. The molecule has 2 aromatic carbocycles. The van der Waals surface area contributed by atoms with Gasteiger partial charge in [0.15, 0.2) is 11.6 Å². The predicted octanol–water partition coefficient (Wildman–Crippen LogP) is 3.85. The Labute approximate surface area is 112 Å². The smallest absolute Gasteiger partial charge is 0.335 e. The van der Waals surface area contributed by atoms with Gasteiger partial charge in [0, 0.05) is 17.8 Å². The number of anilines is 2. The highest BCUT2D eigenvalue weighted by Crippen LogP contribution is 2.24. The van der Waals surface area contributed by atoms with Gasteiger partial charge >= 0.3 is 5.97 Å². The molecule has 0 aliphatic heterocycles. The fourth-order valence-electron chi connectivity index (χ4n) is 1.78. The second-order valence-corrected chi connectivity index (χ2v) is 4.21. The number of nitrogens with one attached hydrogen (secondary N) is 1. The molecule has 0 aromatic heterocycles. The van der Waals surface area contributed by atoms with E-state index in [1.807, 2.05) is 0 Å². The summed E-state index contributed by atoms with van der Waals surface area (Å²) >= 11 is 0. The lowest BCUT2D eigenvalue weighted by atomic mass is 10.1. The van der Waals surface area contributed by atoms with E-state index in [9.17, 15) is 18.0 Å². The van der Waals surface area contributed by atoms with E-state index >= 15 is 0 Å². The van der Waals surface area contributed by atoms with Gasteiger partial charge in [0.25, 0.3) is 0 Å². The molecule has 20 heavy (non-hydrogen) atoms. The minimum Gasteiger partial charge on any atom is -0.478 e. The molecule has 0 unspecified atom stereocenters. The van der Waals surface area contributed by atoms with Crippen molar-refractivity contribution < 1.29 is 23.1 Å². The molecule has 2 N–H and O–H groups in total. The minimum atomic E-state index is -1.30.